The molecule has 1 aromatic rings. The zero-order valence-corrected chi connectivity index (χ0v) is 12.2. The second-order valence-corrected chi connectivity index (χ2v) is 6.94. The number of sulfonamides is 1. The van der Waals surface area contributed by atoms with E-state index in [1.165, 1.54) is 16.4 Å². The second-order valence-electron chi connectivity index (χ2n) is 4.12. The quantitative estimate of drug-likeness (QED) is 0.829. The minimum absolute atomic E-state index is 0.174. The lowest BCUT2D eigenvalue weighted by Crippen LogP contribution is -2.44. The Morgan fingerprint density at radius 2 is 2.22 bits per heavy atom. The van der Waals surface area contributed by atoms with Gasteiger partial charge in [0.1, 0.15) is 10.7 Å². The fourth-order valence-electron chi connectivity index (χ4n) is 1.83. The van der Waals surface area contributed by atoms with Crippen LogP contribution in [0.5, 0.6) is 0 Å². The molecule has 0 N–H and O–H groups in total. The van der Waals surface area contributed by atoms with Crippen LogP contribution in [0, 0.1) is 5.82 Å². The van der Waals surface area contributed by atoms with Crippen molar-refractivity contribution < 1.29 is 17.5 Å². The van der Waals surface area contributed by atoms with Crippen LogP contribution >= 0.6 is 15.9 Å². The van der Waals surface area contributed by atoms with Crippen molar-refractivity contribution in [3.63, 3.8) is 0 Å². The van der Waals surface area contributed by atoms with Crippen LogP contribution in [-0.2, 0) is 14.8 Å². The summed E-state index contributed by atoms with van der Waals surface area (Å²) in [6.45, 7) is 2.62. The molecule has 1 atom stereocenters. The Balaban J connectivity index is 2.35. The number of rotatable bonds is 2. The standard InChI is InChI=1S/C11H13BrFNO3S/c1-8-7-14(4-5-17-8)18(15,16)11-3-2-9(12)6-10(11)13/h2-3,6,8H,4-5,7H2,1H3. The van der Waals surface area contributed by atoms with Gasteiger partial charge in [-0.25, -0.2) is 12.8 Å². The van der Waals surface area contributed by atoms with Gasteiger partial charge in [-0.15, -0.1) is 0 Å². The van der Waals surface area contributed by atoms with E-state index in [1.54, 1.807) is 6.92 Å². The van der Waals surface area contributed by atoms with Crippen molar-refractivity contribution >= 4 is 26.0 Å². The van der Waals surface area contributed by atoms with Crippen molar-refractivity contribution in [2.45, 2.75) is 17.9 Å². The first-order chi connectivity index (χ1) is 8.41. The normalized spacial score (nSPS) is 22.1. The molecule has 1 fully saturated rings. The third-order valence-corrected chi connectivity index (χ3v) is 5.11. The van der Waals surface area contributed by atoms with E-state index in [0.717, 1.165) is 6.07 Å². The first-order valence-electron chi connectivity index (χ1n) is 5.48. The Bertz CT molecular complexity index is 549. The maximum atomic E-state index is 13.7. The summed E-state index contributed by atoms with van der Waals surface area (Å²) in [5.74, 6) is -0.747. The number of morpholine rings is 1. The first-order valence-corrected chi connectivity index (χ1v) is 7.71. The minimum Gasteiger partial charge on any atom is -0.376 e. The zero-order valence-electron chi connectivity index (χ0n) is 9.77. The van der Waals surface area contributed by atoms with Crippen molar-refractivity contribution in [2.75, 3.05) is 19.7 Å². The highest BCUT2D eigenvalue weighted by molar-refractivity contribution is 9.10. The van der Waals surface area contributed by atoms with E-state index in [1.807, 2.05) is 0 Å². The summed E-state index contributed by atoms with van der Waals surface area (Å²) in [6, 6.07) is 3.94. The van der Waals surface area contributed by atoms with Crippen LogP contribution in [-0.4, -0.2) is 38.5 Å². The number of benzene rings is 1. The summed E-state index contributed by atoms with van der Waals surface area (Å²) >= 11 is 3.10. The largest absolute Gasteiger partial charge is 0.376 e. The molecular formula is C11H13BrFNO3S. The first kappa shape index (κ1) is 13.9. The van der Waals surface area contributed by atoms with Gasteiger partial charge in [0.15, 0.2) is 0 Å². The molecule has 4 nitrogen and oxygen atoms in total. The average molecular weight is 338 g/mol. The van der Waals surface area contributed by atoms with Crippen molar-refractivity contribution in [1.82, 2.24) is 4.31 Å². The molecule has 1 aliphatic rings. The predicted octanol–water partition coefficient (Wildman–Crippen LogP) is 2.00. The van der Waals surface area contributed by atoms with Crippen molar-refractivity contribution in [1.29, 1.82) is 0 Å². The molecule has 1 aromatic carbocycles. The smallest absolute Gasteiger partial charge is 0.246 e. The number of hydrogen-bond donors (Lipinski definition) is 0. The van der Waals surface area contributed by atoms with Gasteiger partial charge in [0.25, 0.3) is 0 Å². The molecule has 18 heavy (non-hydrogen) atoms. The van der Waals surface area contributed by atoms with E-state index in [9.17, 15) is 12.8 Å². The lowest BCUT2D eigenvalue weighted by Gasteiger charge is -2.30. The summed E-state index contributed by atoms with van der Waals surface area (Å²) < 4.78 is 45.3. The van der Waals surface area contributed by atoms with Crippen LogP contribution in [0.15, 0.2) is 27.6 Å². The van der Waals surface area contributed by atoms with E-state index in [0.29, 0.717) is 11.1 Å². The van der Waals surface area contributed by atoms with Gasteiger partial charge in [0.2, 0.25) is 10.0 Å². The molecule has 0 amide bonds. The second kappa shape index (κ2) is 5.24. The highest BCUT2D eigenvalue weighted by Crippen LogP contribution is 2.24. The van der Waals surface area contributed by atoms with Gasteiger partial charge in [0.05, 0.1) is 12.7 Å². The molecular weight excluding hydrogens is 325 g/mol. The van der Waals surface area contributed by atoms with Gasteiger partial charge < -0.3 is 4.74 Å². The van der Waals surface area contributed by atoms with E-state index in [2.05, 4.69) is 15.9 Å². The molecule has 2 rings (SSSR count). The van der Waals surface area contributed by atoms with Crippen LogP contribution < -0.4 is 0 Å². The molecule has 0 spiro atoms. The van der Waals surface area contributed by atoms with Gasteiger partial charge in [-0.1, -0.05) is 15.9 Å². The van der Waals surface area contributed by atoms with Gasteiger partial charge >= 0.3 is 0 Å². The molecule has 0 bridgehead atoms. The predicted molar refractivity (Wildman–Crippen MR) is 68.3 cm³/mol. The molecule has 100 valence electrons. The summed E-state index contributed by atoms with van der Waals surface area (Å²) in [4.78, 5) is -0.292. The van der Waals surface area contributed by atoms with Gasteiger partial charge in [-0.3, -0.25) is 0 Å². The van der Waals surface area contributed by atoms with E-state index in [4.69, 9.17) is 4.74 Å². The average Bonchev–Trinajstić information content (AvgIpc) is 2.28. The van der Waals surface area contributed by atoms with Gasteiger partial charge in [-0.2, -0.15) is 4.31 Å². The number of halogens is 2. The fraction of sp³-hybridized carbons (Fsp3) is 0.455. The highest BCUT2D eigenvalue weighted by Gasteiger charge is 2.31. The Labute approximate surface area is 114 Å². The van der Waals surface area contributed by atoms with Crippen LogP contribution in [0.2, 0.25) is 0 Å². The summed E-state index contributed by atoms with van der Waals surface area (Å²) in [5, 5.41) is 0. The fourth-order valence-corrected chi connectivity index (χ4v) is 3.71. The Morgan fingerprint density at radius 3 is 2.83 bits per heavy atom. The molecule has 0 aromatic heterocycles. The van der Waals surface area contributed by atoms with Crippen molar-refractivity contribution in [2.24, 2.45) is 0 Å². The lowest BCUT2D eigenvalue weighted by molar-refractivity contribution is 0.0101. The molecule has 1 heterocycles. The summed E-state index contributed by atoms with van der Waals surface area (Å²) in [6.07, 6.45) is -0.174. The summed E-state index contributed by atoms with van der Waals surface area (Å²) in [5.41, 5.74) is 0. The molecule has 1 saturated heterocycles. The van der Waals surface area contributed by atoms with Crippen LogP contribution in [0.4, 0.5) is 4.39 Å². The minimum atomic E-state index is -3.78. The Kier molecular flexibility index (Phi) is 4.05. The molecule has 0 saturated carbocycles. The maximum Gasteiger partial charge on any atom is 0.246 e. The topological polar surface area (TPSA) is 46.6 Å². The van der Waals surface area contributed by atoms with Crippen LogP contribution in [0.25, 0.3) is 0 Å². The zero-order chi connectivity index (χ0) is 13.3. The van der Waals surface area contributed by atoms with Gasteiger partial charge in [-0.05, 0) is 25.1 Å². The lowest BCUT2D eigenvalue weighted by atomic mass is 10.3. The van der Waals surface area contributed by atoms with E-state index in [-0.39, 0.29) is 24.1 Å². The molecule has 0 aliphatic carbocycles. The number of hydrogen-bond acceptors (Lipinski definition) is 3. The molecule has 0 radical (unpaired) electrons. The molecule has 7 heteroatoms. The SMILES string of the molecule is CC1CN(S(=O)(=O)c2ccc(Br)cc2F)CCO1. The van der Waals surface area contributed by atoms with E-state index >= 15 is 0 Å². The third kappa shape index (κ3) is 2.74. The van der Waals surface area contributed by atoms with Crippen molar-refractivity contribution in [3.8, 4) is 0 Å². The Hall–Kier alpha value is -0.500. The third-order valence-electron chi connectivity index (χ3n) is 2.72. The van der Waals surface area contributed by atoms with Crippen LogP contribution in [0.1, 0.15) is 6.92 Å². The van der Waals surface area contributed by atoms with Gasteiger partial charge in [0, 0.05) is 17.6 Å². The number of nitrogens with zero attached hydrogens (tertiary/aromatic N) is 1. The maximum absolute atomic E-state index is 13.7. The highest BCUT2D eigenvalue weighted by atomic mass is 79.9. The van der Waals surface area contributed by atoms with E-state index < -0.39 is 15.8 Å². The summed E-state index contributed by atoms with van der Waals surface area (Å²) in [7, 11) is -3.78. The number of ether oxygens (including phenoxy) is 1. The van der Waals surface area contributed by atoms with Crippen LogP contribution in [0.3, 0.4) is 0 Å². The van der Waals surface area contributed by atoms with Crippen molar-refractivity contribution in [3.05, 3.63) is 28.5 Å². The molecule has 1 aliphatic heterocycles. The molecule has 1 unspecified atom stereocenters. The Morgan fingerprint density at radius 1 is 1.50 bits per heavy atom. The monoisotopic (exact) mass is 337 g/mol.